The van der Waals surface area contributed by atoms with Crippen molar-refractivity contribution in [2.45, 2.75) is 31.4 Å². The van der Waals surface area contributed by atoms with E-state index >= 15 is 0 Å². The van der Waals surface area contributed by atoms with E-state index in [1.165, 1.54) is 12.1 Å². The molecule has 3 unspecified atom stereocenters. The number of aliphatic carboxylic acids is 2. The molecule has 1 aliphatic rings. The second-order valence-corrected chi connectivity index (χ2v) is 6.44. The zero-order chi connectivity index (χ0) is 17.4. The Morgan fingerprint density at radius 1 is 1.13 bits per heavy atom. The summed E-state index contributed by atoms with van der Waals surface area (Å²) in [7, 11) is 0. The summed E-state index contributed by atoms with van der Waals surface area (Å²) in [6.07, 6.45) is -3.31. The predicted octanol–water partition coefficient (Wildman–Crippen LogP) is 4.14. The van der Waals surface area contributed by atoms with E-state index in [9.17, 15) is 33.0 Å². The molecule has 1 aromatic carbocycles. The highest BCUT2D eigenvalue weighted by molar-refractivity contribution is 9.10. The molecule has 126 valence electrons. The van der Waals surface area contributed by atoms with E-state index in [0.29, 0.717) is 18.4 Å². The normalized spacial score (nSPS) is 25.1. The van der Waals surface area contributed by atoms with Crippen LogP contribution in [0.2, 0.25) is 0 Å². The van der Waals surface area contributed by atoms with Gasteiger partial charge in [0.2, 0.25) is 0 Å². The van der Waals surface area contributed by atoms with Crippen LogP contribution in [0.1, 0.15) is 36.3 Å². The zero-order valence-electron chi connectivity index (χ0n) is 11.8. The number of alkyl halides is 3. The van der Waals surface area contributed by atoms with Gasteiger partial charge in [0.15, 0.2) is 0 Å². The lowest BCUT2D eigenvalue weighted by Gasteiger charge is -2.33. The van der Waals surface area contributed by atoms with Crippen LogP contribution in [0.3, 0.4) is 0 Å². The summed E-state index contributed by atoms with van der Waals surface area (Å²) in [5.74, 6) is -5.23. The number of benzene rings is 1. The summed E-state index contributed by atoms with van der Waals surface area (Å²) >= 11 is 2.87. The Hall–Kier alpha value is -1.57. The highest BCUT2D eigenvalue weighted by Crippen LogP contribution is 2.44. The Balaban J connectivity index is 2.41. The SMILES string of the molecule is O=C(O)C1CCCC(c2ccc(C(F)(F)F)c(Br)c2)C1C(=O)O. The molecule has 0 bridgehead atoms. The van der Waals surface area contributed by atoms with Gasteiger partial charge in [-0.1, -0.05) is 28.4 Å². The van der Waals surface area contributed by atoms with Crippen LogP contribution in [0.5, 0.6) is 0 Å². The molecule has 0 aliphatic heterocycles. The quantitative estimate of drug-likeness (QED) is 0.807. The van der Waals surface area contributed by atoms with E-state index in [4.69, 9.17) is 0 Å². The third-order valence-electron chi connectivity index (χ3n) is 4.23. The van der Waals surface area contributed by atoms with Gasteiger partial charge in [-0.2, -0.15) is 13.2 Å². The molecule has 3 atom stereocenters. The molecule has 2 rings (SSSR count). The summed E-state index contributed by atoms with van der Waals surface area (Å²) < 4.78 is 38.2. The minimum absolute atomic E-state index is 0.177. The van der Waals surface area contributed by atoms with Crippen LogP contribution >= 0.6 is 15.9 Å². The van der Waals surface area contributed by atoms with Gasteiger partial charge >= 0.3 is 18.1 Å². The van der Waals surface area contributed by atoms with Crippen molar-refractivity contribution in [3.8, 4) is 0 Å². The van der Waals surface area contributed by atoms with E-state index in [0.717, 1.165) is 6.07 Å². The standard InChI is InChI=1S/C15H14BrF3O4/c16-11-6-7(4-5-10(11)15(17,18)19)8-2-1-3-9(13(20)21)12(8)14(22)23/h4-6,8-9,12H,1-3H2,(H,20,21)(H,22,23). The molecule has 0 heterocycles. The second kappa shape index (κ2) is 6.51. The van der Waals surface area contributed by atoms with Gasteiger partial charge in [0, 0.05) is 4.47 Å². The van der Waals surface area contributed by atoms with Gasteiger partial charge in [0.05, 0.1) is 17.4 Å². The Kier molecular flexibility index (Phi) is 5.03. The summed E-state index contributed by atoms with van der Waals surface area (Å²) in [6.45, 7) is 0. The molecule has 1 fully saturated rings. The van der Waals surface area contributed by atoms with Gasteiger partial charge < -0.3 is 10.2 Å². The van der Waals surface area contributed by atoms with E-state index in [1.807, 2.05) is 0 Å². The molecule has 4 nitrogen and oxygen atoms in total. The first-order valence-corrected chi connectivity index (χ1v) is 7.74. The molecule has 0 radical (unpaired) electrons. The fourth-order valence-electron chi connectivity index (χ4n) is 3.18. The maximum absolute atomic E-state index is 12.8. The summed E-state index contributed by atoms with van der Waals surface area (Å²) in [4.78, 5) is 22.8. The first kappa shape index (κ1) is 17.8. The van der Waals surface area contributed by atoms with Crippen LogP contribution in [0.15, 0.2) is 22.7 Å². The van der Waals surface area contributed by atoms with Crippen molar-refractivity contribution in [3.05, 3.63) is 33.8 Å². The van der Waals surface area contributed by atoms with Gasteiger partial charge in [0.25, 0.3) is 0 Å². The first-order valence-electron chi connectivity index (χ1n) is 6.95. The third-order valence-corrected chi connectivity index (χ3v) is 4.88. The van der Waals surface area contributed by atoms with Crippen LogP contribution in [-0.4, -0.2) is 22.2 Å². The number of rotatable bonds is 3. The topological polar surface area (TPSA) is 74.6 Å². The average molecular weight is 395 g/mol. The minimum Gasteiger partial charge on any atom is -0.481 e. The van der Waals surface area contributed by atoms with Crippen molar-refractivity contribution in [1.29, 1.82) is 0 Å². The van der Waals surface area contributed by atoms with Crippen LogP contribution < -0.4 is 0 Å². The number of carboxylic acids is 2. The molecule has 0 amide bonds. The van der Waals surface area contributed by atoms with Crippen molar-refractivity contribution in [2.24, 2.45) is 11.8 Å². The maximum atomic E-state index is 12.8. The Bertz CT molecular complexity index is 630. The van der Waals surface area contributed by atoms with Crippen molar-refractivity contribution in [2.75, 3.05) is 0 Å². The summed E-state index contributed by atoms with van der Waals surface area (Å²) in [6, 6.07) is 3.37. The number of halogens is 4. The Labute approximate surface area is 138 Å². The number of carbonyl (C=O) groups is 2. The highest BCUT2D eigenvalue weighted by Gasteiger charge is 2.43. The van der Waals surface area contributed by atoms with E-state index in [2.05, 4.69) is 15.9 Å². The molecule has 23 heavy (non-hydrogen) atoms. The van der Waals surface area contributed by atoms with Gasteiger partial charge in [-0.25, -0.2) is 0 Å². The van der Waals surface area contributed by atoms with Crippen LogP contribution in [0.25, 0.3) is 0 Å². The molecule has 0 saturated heterocycles. The van der Waals surface area contributed by atoms with Gasteiger partial charge in [-0.05, 0) is 36.5 Å². The number of hydrogen-bond donors (Lipinski definition) is 2. The van der Waals surface area contributed by atoms with Crippen molar-refractivity contribution >= 4 is 27.9 Å². The Morgan fingerprint density at radius 2 is 1.78 bits per heavy atom. The van der Waals surface area contributed by atoms with Crippen molar-refractivity contribution < 1.29 is 33.0 Å². The highest BCUT2D eigenvalue weighted by atomic mass is 79.9. The lowest BCUT2D eigenvalue weighted by molar-refractivity contribution is -0.156. The van der Waals surface area contributed by atoms with E-state index in [1.54, 1.807) is 0 Å². The maximum Gasteiger partial charge on any atom is 0.417 e. The molecule has 1 aliphatic carbocycles. The van der Waals surface area contributed by atoms with Gasteiger partial charge in [-0.15, -0.1) is 0 Å². The number of hydrogen-bond acceptors (Lipinski definition) is 2. The van der Waals surface area contributed by atoms with E-state index in [-0.39, 0.29) is 10.9 Å². The van der Waals surface area contributed by atoms with Crippen molar-refractivity contribution in [3.63, 3.8) is 0 Å². The molecule has 8 heteroatoms. The fraction of sp³-hybridized carbons (Fsp3) is 0.467. The summed E-state index contributed by atoms with van der Waals surface area (Å²) in [5.41, 5.74) is -0.443. The molecular formula is C15H14BrF3O4. The van der Waals surface area contributed by atoms with Crippen LogP contribution in [0, 0.1) is 11.8 Å². The molecule has 1 aromatic rings. The van der Waals surface area contributed by atoms with Crippen LogP contribution in [0.4, 0.5) is 13.2 Å². The number of carboxylic acid groups (broad SMARTS) is 2. The van der Waals surface area contributed by atoms with Gasteiger partial charge in [0.1, 0.15) is 0 Å². The third kappa shape index (κ3) is 3.68. The van der Waals surface area contributed by atoms with Crippen molar-refractivity contribution in [1.82, 2.24) is 0 Å². The summed E-state index contributed by atoms with van der Waals surface area (Å²) in [5, 5.41) is 18.6. The molecule has 1 saturated carbocycles. The fourth-order valence-corrected chi connectivity index (χ4v) is 3.81. The first-order chi connectivity index (χ1) is 10.6. The average Bonchev–Trinajstić information content (AvgIpc) is 2.44. The smallest absolute Gasteiger partial charge is 0.417 e. The van der Waals surface area contributed by atoms with E-state index < -0.39 is 41.4 Å². The molecule has 2 N–H and O–H groups in total. The largest absolute Gasteiger partial charge is 0.481 e. The molecule has 0 spiro atoms. The lowest BCUT2D eigenvalue weighted by atomic mass is 9.69. The minimum atomic E-state index is -4.51. The Morgan fingerprint density at radius 3 is 2.26 bits per heavy atom. The van der Waals surface area contributed by atoms with Gasteiger partial charge in [-0.3, -0.25) is 9.59 Å². The monoisotopic (exact) mass is 394 g/mol. The van der Waals surface area contributed by atoms with Crippen LogP contribution in [-0.2, 0) is 15.8 Å². The second-order valence-electron chi connectivity index (χ2n) is 5.58. The zero-order valence-corrected chi connectivity index (χ0v) is 13.4. The lowest BCUT2D eigenvalue weighted by Crippen LogP contribution is -2.37. The predicted molar refractivity (Wildman–Crippen MR) is 78.0 cm³/mol. The molecule has 0 aromatic heterocycles. The molecular weight excluding hydrogens is 381 g/mol.